The molecule has 1 rings (SSSR count). The van der Waals surface area contributed by atoms with Gasteiger partial charge in [0.05, 0.1) is 6.20 Å². The monoisotopic (exact) mass is 294 g/mol. The second kappa shape index (κ2) is 8.24. The molecule has 0 fully saturated rings. The molecule has 0 spiro atoms. The van der Waals surface area contributed by atoms with Gasteiger partial charge >= 0.3 is 5.97 Å². The molecule has 0 bridgehead atoms. The maximum atomic E-state index is 11.7. The van der Waals surface area contributed by atoms with Gasteiger partial charge in [-0.25, -0.2) is 4.79 Å². The van der Waals surface area contributed by atoms with E-state index >= 15 is 0 Å². The van der Waals surface area contributed by atoms with E-state index in [9.17, 15) is 9.59 Å². The Bertz CT molecular complexity index is 488. The second-order valence-corrected chi connectivity index (χ2v) is 5.41. The number of carboxylic acids is 1. The highest BCUT2D eigenvalue weighted by molar-refractivity contribution is 5.90. The molecule has 0 saturated heterocycles. The van der Waals surface area contributed by atoms with Gasteiger partial charge in [0.1, 0.15) is 5.56 Å². The summed E-state index contributed by atoms with van der Waals surface area (Å²) in [4.78, 5) is 26.5. The average Bonchev–Trinajstić information content (AvgIpc) is 2.43. The number of pyridine rings is 1. The number of aromatic carboxylic acids is 1. The Balaban J connectivity index is 2.45. The predicted molar refractivity (Wildman–Crippen MR) is 78.4 cm³/mol. The molecule has 6 heteroatoms. The summed E-state index contributed by atoms with van der Waals surface area (Å²) in [5.41, 5.74) is -0.00865. The minimum absolute atomic E-state index is 0.00865. The van der Waals surface area contributed by atoms with Crippen molar-refractivity contribution < 1.29 is 19.4 Å². The molecular weight excluding hydrogens is 272 g/mol. The van der Waals surface area contributed by atoms with Crippen LogP contribution in [-0.4, -0.2) is 34.6 Å². The lowest BCUT2D eigenvalue weighted by atomic mass is 10.0. The van der Waals surface area contributed by atoms with Gasteiger partial charge in [0.2, 0.25) is 0 Å². The summed E-state index contributed by atoms with van der Waals surface area (Å²) in [5, 5.41) is 11.8. The van der Waals surface area contributed by atoms with Crippen molar-refractivity contribution in [1.29, 1.82) is 0 Å². The topological polar surface area (TPSA) is 88.5 Å². The van der Waals surface area contributed by atoms with Crippen LogP contribution in [0.3, 0.4) is 0 Å². The third-order valence-corrected chi connectivity index (χ3v) is 2.96. The summed E-state index contributed by atoms with van der Waals surface area (Å²) in [6, 6.07) is 1.40. The number of ether oxygens (including phenoxy) is 1. The zero-order chi connectivity index (χ0) is 15.8. The number of carbonyl (C=O) groups is 2. The van der Waals surface area contributed by atoms with Crippen molar-refractivity contribution in [2.75, 3.05) is 6.61 Å². The van der Waals surface area contributed by atoms with E-state index in [1.54, 1.807) is 0 Å². The van der Waals surface area contributed by atoms with E-state index < -0.39 is 5.97 Å². The predicted octanol–water partition coefficient (Wildman–Crippen LogP) is 2.10. The molecular formula is C15H22N2O4. The van der Waals surface area contributed by atoms with Crippen molar-refractivity contribution in [3.63, 3.8) is 0 Å². The summed E-state index contributed by atoms with van der Waals surface area (Å²) in [7, 11) is 0. The maximum Gasteiger partial charge on any atom is 0.339 e. The minimum Gasteiger partial charge on any atom is -0.481 e. The van der Waals surface area contributed by atoms with Gasteiger partial charge in [0.15, 0.2) is 12.4 Å². The highest BCUT2D eigenvalue weighted by atomic mass is 16.5. The lowest BCUT2D eigenvalue weighted by Crippen LogP contribution is -2.36. The summed E-state index contributed by atoms with van der Waals surface area (Å²) in [6.45, 7) is 5.98. The van der Waals surface area contributed by atoms with E-state index in [1.165, 1.54) is 18.5 Å². The van der Waals surface area contributed by atoms with Crippen molar-refractivity contribution >= 4 is 11.9 Å². The molecule has 0 aliphatic rings. The molecule has 0 aliphatic heterocycles. The molecule has 1 heterocycles. The first-order valence-electron chi connectivity index (χ1n) is 6.99. The molecule has 2 N–H and O–H groups in total. The number of carbonyl (C=O) groups excluding carboxylic acids is 1. The Kier molecular flexibility index (Phi) is 6.65. The third kappa shape index (κ3) is 6.25. The Morgan fingerprint density at radius 1 is 1.33 bits per heavy atom. The molecule has 0 aromatic carbocycles. The molecule has 116 valence electrons. The quantitative estimate of drug-likeness (QED) is 0.766. The van der Waals surface area contributed by atoms with E-state index in [1.807, 2.05) is 6.92 Å². The average molecular weight is 294 g/mol. The summed E-state index contributed by atoms with van der Waals surface area (Å²) in [5.74, 6) is -0.700. The van der Waals surface area contributed by atoms with Crippen LogP contribution in [-0.2, 0) is 4.79 Å². The van der Waals surface area contributed by atoms with Crippen molar-refractivity contribution in [2.45, 2.75) is 39.7 Å². The van der Waals surface area contributed by atoms with Crippen molar-refractivity contribution in [3.05, 3.63) is 24.0 Å². The van der Waals surface area contributed by atoms with Crippen molar-refractivity contribution in [1.82, 2.24) is 10.3 Å². The normalized spacial score (nSPS) is 12.0. The Morgan fingerprint density at radius 3 is 2.67 bits per heavy atom. The number of aromatic nitrogens is 1. The highest BCUT2D eigenvalue weighted by Gasteiger charge is 2.13. The van der Waals surface area contributed by atoms with E-state index in [2.05, 4.69) is 24.1 Å². The molecule has 0 aliphatic carbocycles. The van der Waals surface area contributed by atoms with Crippen LogP contribution < -0.4 is 10.1 Å². The van der Waals surface area contributed by atoms with Gasteiger partial charge in [-0.1, -0.05) is 13.8 Å². The molecule has 1 atom stereocenters. The van der Waals surface area contributed by atoms with E-state index in [0.717, 1.165) is 12.8 Å². The molecule has 1 aromatic rings. The lowest BCUT2D eigenvalue weighted by Gasteiger charge is -2.15. The number of nitrogens with one attached hydrogen (secondary N) is 1. The smallest absolute Gasteiger partial charge is 0.339 e. The molecule has 6 nitrogen and oxygen atoms in total. The first kappa shape index (κ1) is 16.9. The summed E-state index contributed by atoms with van der Waals surface area (Å²) < 4.78 is 5.23. The van der Waals surface area contributed by atoms with Gasteiger partial charge in [-0.05, 0) is 31.7 Å². The van der Waals surface area contributed by atoms with Crippen LogP contribution in [0.2, 0.25) is 0 Å². The van der Waals surface area contributed by atoms with Crippen LogP contribution in [0.4, 0.5) is 0 Å². The van der Waals surface area contributed by atoms with Gasteiger partial charge in [0.25, 0.3) is 5.91 Å². The Morgan fingerprint density at radius 2 is 2.05 bits per heavy atom. The number of hydrogen-bond donors (Lipinski definition) is 2. The number of hydrogen-bond acceptors (Lipinski definition) is 4. The van der Waals surface area contributed by atoms with Crippen molar-refractivity contribution in [2.24, 2.45) is 5.92 Å². The number of amides is 1. The Labute approximate surface area is 124 Å². The second-order valence-electron chi connectivity index (χ2n) is 5.41. The molecule has 1 aromatic heterocycles. The van der Waals surface area contributed by atoms with E-state index in [-0.39, 0.29) is 29.9 Å². The maximum absolute atomic E-state index is 11.7. The Hall–Kier alpha value is -2.11. The minimum atomic E-state index is -1.11. The number of rotatable bonds is 8. The standard InChI is InChI=1S/C15H22N2O4/c1-10(2)4-5-11(3)17-14(18)9-21-13-8-16-7-6-12(13)15(19)20/h6-8,10-11H,4-5,9H2,1-3H3,(H,17,18)(H,19,20). The first-order chi connectivity index (χ1) is 9.90. The zero-order valence-corrected chi connectivity index (χ0v) is 12.6. The zero-order valence-electron chi connectivity index (χ0n) is 12.6. The van der Waals surface area contributed by atoms with Crippen LogP contribution in [0.1, 0.15) is 44.0 Å². The fourth-order valence-corrected chi connectivity index (χ4v) is 1.79. The fraction of sp³-hybridized carbons (Fsp3) is 0.533. The largest absolute Gasteiger partial charge is 0.481 e. The first-order valence-corrected chi connectivity index (χ1v) is 6.99. The van der Waals surface area contributed by atoms with Crippen LogP contribution in [0, 0.1) is 5.92 Å². The SMILES string of the molecule is CC(C)CCC(C)NC(=O)COc1cnccc1C(=O)O. The lowest BCUT2D eigenvalue weighted by molar-refractivity contribution is -0.123. The van der Waals surface area contributed by atoms with Crippen LogP contribution >= 0.6 is 0 Å². The van der Waals surface area contributed by atoms with Gasteiger partial charge < -0.3 is 15.2 Å². The number of nitrogens with zero attached hydrogens (tertiary/aromatic N) is 1. The van der Waals surface area contributed by atoms with Crippen LogP contribution in [0.15, 0.2) is 18.5 Å². The number of carboxylic acid groups (broad SMARTS) is 1. The molecule has 21 heavy (non-hydrogen) atoms. The van der Waals surface area contributed by atoms with Crippen LogP contribution in [0.5, 0.6) is 5.75 Å². The molecule has 0 saturated carbocycles. The van der Waals surface area contributed by atoms with Gasteiger partial charge in [-0.3, -0.25) is 9.78 Å². The fourth-order valence-electron chi connectivity index (χ4n) is 1.79. The summed E-state index contributed by atoms with van der Waals surface area (Å²) in [6.07, 6.45) is 4.59. The summed E-state index contributed by atoms with van der Waals surface area (Å²) >= 11 is 0. The molecule has 1 amide bonds. The van der Waals surface area contributed by atoms with Crippen molar-refractivity contribution in [3.8, 4) is 5.75 Å². The highest BCUT2D eigenvalue weighted by Crippen LogP contribution is 2.16. The van der Waals surface area contributed by atoms with Gasteiger partial charge in [0, 0.05) is 12.2 Å². The van der Waals surface area contributed by atoms with E-state index in [4.69, 9.17) is 9.84 Å². The molecule has 0 radical (unpaired) electrons. The van der Waals surface area contributed by atoms with Gasteiger partial charge in [-0.15, -0.1) is 0 Å². The van der Waals surface area contributed by atoms with Crippen LogP contribution in [0.25, 0.3) is 0 Å². The third-order valence-electron chi connectivity index (χ3n) is 2.96. The van der Waals surface area contributed by atoms with E-state index in [0.29, 0.717) is 5.92 Å². The molecule has 1 unspecified atom stereocenters. The van der Waals surface area contributed by atoms with Gasteiger partial charge in [-0.2, -0.15) is 0 Å².